The van der Waals surface area contributed by atoms with Gasteiger partial charge in [-0.2, -0.15) is 0 Å². The number of nitrogens with zero attached hydrogens (tertiary/aromatic N) is 1. The van der Waals surface area contributed by atoms with Crippen LogP contribution in [0, 0.1) is 6.92 Å². The van der Waals surface area contributed by atoms with Crippen LogP contribution in [0.5, 0.6) is 5.75 Å². The summed E-state index contributed by atoms with van der Waals surface area (Å²) in [6.45, 7) is 1.93. The first kappa shape index (κ1) is 25.8. The number of amides is 2. The molecule has 0 aliphatic rings. The molecule has 1 aromatic carbocycles. The molecule has 2 amide bonds. The van der Waals surface area contributed by atoms with Crippen molar-refractivity contribution in [3.63, 3.8) is 0 Å². The number of primary amides is 1. The Labute approximate surface area is 227 Å². The number of benzene rings is 1. The van der Waals surface area contributed by atoms with Crippen LogP contribution in [-0.4, -0.2) is 16.8 Å². The zero-order chi connectivity index (χ0) is 27.0. The number of aryl methyl sites for hydroxylation is 1. The first-order valence-corrected chi connectivity index (χ1v) is 13.1. The molecular formula is C26H18ClF2N3O4S2. The van der Waals surface area contributed by atoms with E-state index >= 15 is 0 Å². The number of nitrogens with one attached hydrogen (secondary N) is 1. The molecule has 5 aromatic rings. The van der Waals surface area contributed by atoms with Crippen molar-refractivity contribution in [2.75, 3.05) is 5.32 Å². The monoisotopic (exact) mass is 573 g/mol. The topological polar surface area (TPSA) is 107 Å². The number of ether oxygens (including phenoxy) is 1. The Morgan fingerprint density at radius 3 is 2.66 bits per heavy atom. The van der Waals surface area contributed by atoms with Crippen LogP contribution in [0.15, 0.2) is 59.0 Å². The van der Waals surface area contributed by atoms with Crippen molar-refractivity contribution in [2.24, 2.45) is 5.73 Å². The fourth-order valence-corrected chi connectivity index (χ4v) is 5.84. The molecule has 0 aliphatic heterocycles. The molecule has 0 bridgehead atoms. The van der Waals surface area contributed by atoms with E-state index in [0.717, 1.165) is 16.2 Å². The average Bonchev–Trinajstić information content (AvgIpc) is 3.61. The third kappa shape index (κ3) is 5.26. The summed E-state index contributed by atoms with van der Waals surface area (Å²) in [5, 5.41) is 3.55. The highest BCUT2D eigenvalue weighted by molar-refractivity contribution is 7.21. The van der Waals surface area contributed by atoms with Crippen LogP contribution < -0.4 is 15.8 Å². The summed E-state index contributed by atoms with van der Waals surface area (Å²) in [5.41, 5.74) is 5.65. The molecule has 38 heavy (non-hydrogen) atoms. The molecule has 7 nitrogen and oxygen atoms in total. The van der Waals surface area contributed by atoms with Crippen molar-refractivity contribution in [1.29, 1.82) is 0 Å². The molecule has 12 heteroatoms. The second kappa shape index (κ2) is 10.5. The number of pyridine rings is 1. The lowest BCUT2D eigenvalue weighted by Crippen LogP contribution is -2.16. The summed E-state index contributed by atoms with van der Waals surface area (Å²) >= 11 is 8.19. The Hall–Kier alpha value is -3.80. The van der Waals surface area contributed by atoms with Crippen LogP contribution in [0.2, 0.25) is 5.02 Å². The number of anilines is 1. The smallest absolute Gasteiger partial charge is 0.291 e. The molecule has 3 N–H and O–H groups in total. The average molecular weight is 574 g/mol. The number of nitrogens with two attached hydrogens (primary N) is 1. The van der Waals surface area contributed by atoms with Gasteiger partial charge in [0.15, 0.2) is 5.76 Å². The maximum atomic E-state index is 13.6. The van der Waals surface area contributed by atoms with Crippen LogP contribution in [0.4, 0.5) is 14.5 Å². The number of hydrogen-bond acceptors (Lipinski definition) is 7. The number of fused-ring (bicyclic) bond motifs is 1. The quantitative estimate of drug-likeness (QED) is 0.200. The number of aromatic nitrogens is 1. The highest BCUT2D eigenvalue weighted by Gasteiger charge is 2.26. The number of hydrogen-bond donors (Lipinski definition) is 2. The molecule has 0 saturated heterocycles. The molecule has 0 aliphatic carbocycles. The second-order valence-electron chi connectivity index (χ2n) is 8.12. The Morgan fingerprint density at radius 1 is 1.16 bits per heavy atom. The summed E-state index contributed by atoms with van der Waals surface area (Å²) < 4.78 is 38.6. The molecule has 4 aromatic heterocycles. The van der Waals surface area contributed by atoms with Crippen molar-refractivity contribution in [3.05, 3.63) is 86.6 Å². The van der Waals surface area contributed by atoms with Gasteiger partial charge in [0.1, 0.15) is 33.5 Å². The van der Waals surface area contributed by atoms with Gasteiger partial charge in [-0.3, -0.25) is 9.59 Å². The third-order valence-electron chi connectivity index (χ3n) is 5.44. The van der Waals surface area contributed by atoms with Crippen molar-refractivity contribution >= 4 is 62.0 Å². The van der Waals surface area contributed by atoms with Crippen molar-refractivity contribution < 1.29 is 27.5 Å². The normalized spacial score (nSPS) is 11.3. The van der Waals surface area contributed by atoms with E-state index in [1.54, 1.807) is 36.4 Å². The van der Waals surface area contributed by atoms with Gasteiger partial charge >= 0.3 is 0 Å². The van der Waals surface area contributed by atoms with Gasteiger partial charge in [0.2, 0.25) is 0 Å². The number of rotatable bonds is 8. The van der Waals surface area contributed by atoms with E-state index in [1.165, 1.54) is 23.5 Å². The molecule has 0 fully saturated rings. The van der Waals surface area contributed by atoms with Gasteiger partial charge in [0, 0.05) is 25.7 Å². The minimum atomic E-state index is -2.83. The van der Waals surface area contributed by atoms with Gasteiger partial charge in [0.25, 0.3) is 18.2 Å². The Balaban J connectivity index is 1.49. The van der Waals surface area contributed by atoms with E-state index in [1.807, 2.05) is 13.0 Å². The van der Waals surface area contributed by atoms with Crippen LogP contribution in [0.1, 0.15) is 43.0 Å². The summed E-state index contributed by atoms with van der Waals surface area (Å²) in [6, 6.07) is 14.8. The summed E-state index contributed by atoms with van der Waals surface area (Å²) in [7, 11) is 0. The van der Waals surface area contributed by atoms with Crippen molar-refractivity contribution in [3.8, 4) is 16.2 Å². The van der Waals surface area contributed by atoms with Gasteiger partial charge in [-0.15, -0.1) is 22.7 Å². The number of alkyl halides is 2. The zero-order valence-electron chi connectivity index (χ0n) is 19.6. The molecule has 194 valence electrons. The Bertz CT molecular complexity index is 1680. The maximum absolute atomic E-state index is 13.6. The SMILES string of the molecule is Cc1ccc(-c2cc(C(F)F)nc3sc(C(N)=O)c(NC(=O)c4ccc(COc5cccc(Cl)c5)o4)c23)s1. The molecule has 0 unspecified atom stereocenters. The van der Waals surface area contributed by atoms with Crippen LogP contribution in [0.3, 0.4) is 0 Å². The minimum Gasteiger partial charge on any atom is -0.486 e. The van der Waals surface area contributed by atoms with Gasteiger partial charge < -0.3 is 20.2 Å². The van der Waals surface area contributed by atoms with Gasteiger partial charge in [0.05, 0.1) is 5.69 Å². The number of thiophene rings is 2. The largest absolute Gasteiger partial charge is 0.486 e. The maximum Gasteiger partial charge on any atom is 0.291 e. The number of carbonyl (C=O) groups excluding carboxylic acids is 2. The third-order valence-corrected chi connectivity index (χ3v) is 7.80. The lowest BCUT2D eigenvalue weighted by Gasteiger charge is -2.09. The Morgan fingerprint density at radius 2 is 1.97 bits per heavy atom. The number of halogens is 3. The predicted octanol–water partition coefficient (Wildman–Crippen LogP) is 7.45. The molecular weight excluding hydrogens is 556 g/mol. The van der Waals surface area contributed by atoms with Gasteiger partial charge in [-0.05, 0) is 55.5 Å². The fourth-order valence-electron chi connectivity index (χ4n) is 3.76. The molecule has 0 radical (unpaired) electrons. The van der Waals surface area contributed by atoms with E-state index in [4.69, 9.17) is 26.5 Å². The number of carbonyl (C=O) groups is 2. The second-order valence-corrected chi connectivity index (χ2v) is 10.8. The molecule has 0 atom stereocenters. The van der Waals surface area contributed by atoms with Gasteiger partial charge in [-0.1, -0.05) is 17.7 Å². The summed E-state index contributed by atoms with van der Waals surface area (Å²) in [6.07, 6.45) is -2.83. The zero-order valence-corrected chi connectivity index (χ0v) is 22.0. The Kier molecular flexibility index (Phi) is 7.15. The molecule has 5 rings (SSSR count). The standard InChI is InChI=1S/C26H18ClF2N3O4S2/c1-12-5-8-19(37-12)16-10-17(23(28)29)31-26-20(16)21(22(38-26)24(30)33)32-25(34)18-7-6-15(36-18)11-35-14-4-2-3-13(27)9-14/h2-10,23H,11H2,1H3,(H2,30,33)(H,32,34). The fraction of sp³-hybridized carbons (Fsp3) is 0.115. The van der Waals surface area contributed by atoms with Crippen molar-refractivity contribution in [2.45, 2.75) is 20.0 Å². The molecule has 0 spiro atoms. The number of furan rings is 1. The van der Waals surface area contributed by atoms with E-state index in [9.17, 15) is 18.4 Å². The highest BCUT2D eigenvalue weighted by atomic mass is 35.5. The summed E-state index contributed by atoms with van der Waals surface area (Å²) in [5.74, 6) is -0.631. The highest BCUT2D eigenvalue weighted by Crippen LogP contribution is 2.44. The summed E-state index contributed by atoms with van der Waals surface area (Å²) in [4.78, 5) is 31.2. The van der Waals surface area contributed by atoms with Crippen LogP contribution >= 0.6 is 34.3 Å². The lowest BCUT2D eigenvalue weighted by atomic mass is 10.1. The van der Waals surface area contributed by atoms with E-state index in [0.29, 0.717) is 32.4 Å². The first-order chi connectivity index (χ1) is 18.2. The van der Waals surface area contributed by atoms with E-state index < -0.39 is 23.9 Å². The van der Waals surface area contributed by atoms with E-state index in [-0.39, 0.29) is 27.8 Å². The lowest BCUT2D eigenvalue weighted by molar-refractivity contribution is 0.0992. The van der Waals surface area contributed by atoms with E-state index in [2.05, 4.69) is 10.3 Å². The van der Waals surface area contributed by atoms with Crippen molar-refractivity contribution in [1.82, 2.24) is 4.98 Å². The van der Waals surface area contributed by atoms with Gasteiger partial charge in [-0.25, -0.2) is 13.8 Å². The molecule has 4 heterocycles. The predicted molar refractivity (Wildman–Crippen MR) is 144 cm³/mol. The van der Waals surface area contributed by atoms with Crippen LogP contribution in [-0.2, 0) is 6.61 Å². The van der Waals surface area contributed by atoms with Crippen LogP contribution in [0.25, 0.3) is 20.7 Å². The first-order valence-electron chi connectivity index (χ1n) is 11.1. The minimum absolute atomic E-state index is 0.0159. The molecule has 0 saturated carbocycles.